The van der Waals surface area contributed by atoms with Crippen molar-refractivity contribution in [3.8, 4) is 0 Å². The topological polar surface area (TPSA) is 12.0 Å². The van der Waals surface area contributed by atoms with E-state index in [9.17, 15) is 4.39 Å². The molecular weight excluding hydrogens is 281 g/mol. The van der Waals surface area contributed by atoms with E-state index in [1.165, 1.54) is 18.1 Å². The van der Waals surface area contributed by atoms with E-state index in [1.54, 1.807) is 6.07 Å². The number of hydrogen-bond donors (Lipinski definition) is 1. The lowest BCUT2D eigenvalue weighted by molar-refractivity contribution is 0.394. The van der Waals surface area contributed by atoms with Crippen molar-refractivity contribution < 1.29 is 4.39 Å². The molecule has 1 atom stereocenters. The first-order valence-corrected chi connectivity index (χ1v) is 6.90. The molecule has 0 aromatic heterocycles. The molecule has 0 aliphatic rings. The van der Waals surface area contributed by atoms with Gasteiger partial charge in [-0.2, -0.15) is 0 Å². The molecule has 1 unspecified atom stereocenters. The van der Waals surface area contributed by atoms with Crippen LogP contribution in [0.15, 0.2) is 22.7 Å². The van der Waals surface area contributed by atoms with Crippen LogP contribution < -0.4 is 5.32 Å². The minimum atomic E-state index is -0.186. The predicted octanol–water partition coefficient (Wildman–Crippen LogP) is 4.01. The maximum absolute atomic E-state index is 13.0. The molecule has 0 heterocycles. The van der Waals surface area contributed by atoms with Crippen LogP contribution >= 0.6 is 15.9 Å². The van der Waals surface area contributed by atoms with Gasteiger partial charge in [0.15, 0.2) is 0 Å². The summed E-state index contributed by atoms with van der Waals surface area (Å²) in [5.41, 5.74) is 1.19. The summed E-state index contributed by atoms with van der Waals surface area (Å²) in [6.45, 7) is 5.48. The van der Waals surface area contributed by atoms with Crippen LogP contribution in [0.5, 0.6) is 0 Å². The van der Waals surface area contributed by atoms with Crippen molar-refractivity contribution in [2.45, 2.75) is 26.7 Å². The Kier molecular flexibility index (Phi) is 6.14. The highest BCUT2D eigenvalue weighted by molar-refractivity contribution is 9.10. The van der Waals surface area contributed by atoms with Gasteiger partial charge >= 0.3 is 0 Å². The molecule has 0 bridgehead atoms. The molecule has 0 saturated heterocycles. The summed E-state index contributed by atoms with van der Waals surface area (Å²) >= 11 is 3.43. The number of halogens is 2. The van der Waals surface area contributed by atoms with Gasteiger partial charge in [-0.1, -0.05) is 35.8 Å². The monoisotopic (exact) mass is 301 g/mol. The molecule has 1 aromatic rings. The van der Waals surface area contributed by atoms with Crippen molar-refractivity contribution in [3.63, 3.8) is 0 Å². The average molecular weight is 302 g/mol. The van der Waals surface area contributed by atoms with E-state index in [2.05, 4.69) is 35.1 Å². The third kappa shape index (κ3) is 5.17. The Morgan fingerprint density at radius 2 is 2.06 bits per heavy atom. The van der Waals surface area contributed by atoms with Crippen LogP contribution in [0.1, 0.15) is 25.8 Å². The van der Waals surface area contributed by atoms with E-state index in [0.29, 0.717) is 11.8 Å². The minimum Gasteiger partial charge on any atom is -0.319 e. The summed E-state index contributed by atoms with van der Waals surface area (Å²) in [6.07, 6.45) is 2.17. The molecule has 0 aliphatic heterocycles. The molecule has 0 fully saturated rings. The molecule has 0 aliphatic carbocycles. The second-order valence-corrected chi connectivity index (χ2v) is 5.85. The second kappa shape index (κ2) is 7.12. The summed E-state index contributed by atoms with van der Waals surface area (Å²) < 4.78 is 13.9. The fraction of sp³-hybridized carbons (Fsp3) is 0.571. The van der Waals surface area contributed by atoms with Gasteiger partial charge in [-0.25, -0.2) is 4.39 Å². The molecule has 0 amide bonds. The number of nitrogens with one attached hydrogen (secondary N) is 1. The Labute approximate surface area is 112 Å². The lowest BCUT2D eigenvalue weighted by Gasteiger charge is -2.19. The van der Waals surface area contributed by atoms with Crippen LogP contribution in [0.4, 0.5) is 4.39 Å². The smallest absolute Gasteiger partial charge is 0.124 e. The zero-order valence-electron chi connectivity index (χ0n) is 10.8. The zero-order valence-corrected chi connectivity index (χ0v) is 12.3. The number of hydrogen-bond acceptors (Lipinski definition) is 1. The predicted molar refractivity (Wildman–Crippen MR) is 74.7 cm³/mol. The van der Waals surface area contributed by atoms with E-state index < -0.39 is 0 Å². The lowest BCUT2D eigenvalue weighted by Crippen LogP contribution is -2.22. The second-order valence-electron chi connectivity index (χ2n) is 4.99. The molecule has 0 saturated carbocycles. The lowest BCUT2D eigenvalue weighted by atomic mass is 9.91. The van der Waals surface area contributed by atoms with Crippen LogP contribution in [0.25, 0.3) is 0 Å². The Morgan fingerprint density at radius 3 is 2.59 bits per heavy atom. The Bertz CT molecular complexity index is 352. The van der Waals surface area contributed by atoms with Crippen molar-refractivity contribution >= 4 is 15.9 Å². The van der Waals surface area contributed by atoms with E-state index in [0.717, 1.165) is 17.4 Å². The van der Waals surface area contributed by atoms with Gasteiger partial charge in [-0.15, -0.1) is 0 Å². The summed E-state index contributed by atoms with van der Waals surface area (Å²) in [7, 11) is 1.98. The van der Waals surface area contributed by atoms with E-state index in [1.807, 2.05) is 13.1 Å². The third-order valence-electron chi connectivity index (χ3n) is 2.82. The molecule has 3 heteroatoms. The fourth-order valence-corrected chi connectivity index (χ4v) is 2.71. The Hall–Kier alpha value is -0.410. The largest absolute Gasteiger partial charge is 0.319 e. The molecule has 0 spiro atoms. The Balaban J connectivity index is 2.71. The van der Waals surface area contributed by atoms with E-state index in [-0.39, 0.29) is 5.82 Å². The van der Waals surface area contributed by atoms with Gasteiger partial charge in [0, 0.05) is 4.47 Å². The Morgan fingerprint density at radius 1 is 1.35 bits per heavy atom. The van der Waals surface area contributed by atoms with Crippen molar-refractivity contribution in [3.05, 3.63) is 34.1 Å². The summed E-state index contributed by atoms with van der Waals surface area (Å²) in [4.78, 5) is 0. The van der Waals surface area contributed by atoms with Crippen LogP contribution in [-0.4, -0.2) is 13.6 Å². The molecule has 1 nitrogen and oxygen atoms in total. The quantitative estimate of drug-likeness (QED) is 0.837. The van der Waals surface area contributed by atoms with Crippen molar-refractivity contribution in [1.29, 1.82) is 0 Å². The summed E-state index contributed by atoms with van der Waals surface area (Å²) in [5.74, 6) is 1.10. The molecular formula is C14H21BrFN. The molecule has 1 rings (SSSR count). The van der Waals surface area contributed by atoms with E-state index >= 15 is 0 Å². The summed E-state index contributed by atoms with van der Waals surface area (Å²) in [5, 5.41) is 3.23. The molecule has 96 valence electrons. The molecule has 17 heavy (non-hydrogen) atoms. The van der Waals surface area contributed by atoms with Gasteiger partial charge < -0.3 is 5.32 Å². The highest BCUT2D eigenvalue weighted by atomic mass is 79.9. The standard InChI is InChI=1S/C14H21BrFN/c1-10(2)6-11(9-17-3)7-12-4-5-13(16)8-14(12)15/h4-5,8,10-11,17H,6-7,9H2,1-3H3. The van der Waals surface area contributed by atoms with Gasteiger partial charge in [-0.05, 0) is 56.0 Å². The normalized spacial score (nSPS) is 13.1. The maximum atomic E-state index is 13.0. The van der Waals surface area contributed by atoms with Gasteiger partial charge in [0.1, 0.15) is 5.82 Å². The van der Waals surface area contributed by atoms with Crippen LogP contribution in [0.3, 0.4) is 0 Å². The van der Waals surface area contributed by atoms with E-state index in [4.69, 9.17) is 0 Å². The van der Waals surface area contributed by atoms with Crippen molar-refractivity contribution in [2.75, 3.05) is 13.6 Å². The fourth-order valence-electron chi connectivity index (χ4n) is 2.19. The minimum absolute atomic E-state index is 0.186. The van der Waals surface area contributed by atoms with Crippen LogP contribution in [-0.2, 0) is 6.42 Å². The van der Waals surface area contributed by atoms with Gasteiger partial charge in [0.25, 0.3) is 0 Å². The maximum Gasteiger partial charge on any atom is 0.124 e. The highest BCUT2D eigenvalue weighted by Gasteiger charge is 2.13. The average Bonchev–Trinajstić information content (AvgIpc) is 2.21. The van der Waals surface area contributed by atoms with Crippen LogP contribution in [0.2, 0.25) is 0 Å². The van der Waals surface area contributed by atoms with Crippen molar-refractivity contribution in [1.82, 2.24) is 5.32 Å². The SMILES string of the molecule is CNCC(Cc1ccc(F)cc1Br)CC(C)C. The third-order valence-corrected chi connectivity index (χ3v) is 3.56. The first-order valence-electron chi connectivity index (χ1n) is 6.11. The van der Waals surface area contributed by atoms with Gasteiger partial charge in [0.05, 0.1) is 0 Å². The highest BCUT2D eigenvalue weighted by Crippen LogP contribution is 2.23. The first kappa shape index (κ1) is 14.7. The van der Waals surface area contributed by atoms with Crippen LogP contribution in [0, 0.1) is 17.7 Å². The number of benzene rings is 1. The summed E-state index contributed by atoms with van der Waals surface area (Å²) in [6, 6.07) is 4.95. The van der Waals surface area contributed by atoms with Gasteiger partial charge in [0.2, 0.25) is 0 Å². The van der Waals surface area contributed by atoms with Gasteiger partial charge in [-0.3, -0.25) is 0 Å². The zero-order chi connectivity index (χ0) is 12.8. The number of rotatable bonds is 6. The molecule has 1 N–H and O–H groups in total. The first-order chi connectivity index (χ1) is 8.02. The molecule has 1 aromatic carbocycles. The van der Waals surface area contributed by atoms with Crippen molar-refractivity contribution in [2.24, 2.45) is 11.8 Å². The molecule has 0 radical (unpaired) electrons.